The first-order chi connectivity index (χ1) is 9.16. The predicted octanol–water partition coefficient (Wildman–Crippen LogP) is 4.83. The van der Waals surface area contributed by atoms with Crippen LogP contribution in [0.5, 0.6) is 0 Å². The van der Waals surface area contributed by atoms with Crippen molar-refractivity contribution in [1.82, 2.24) is 4.98 Å². The molecule has 1 heteroatoms. The standard InChI is InChI=1S/C18H17N/c1-12-10-13(2)17(14(3)11-12)16-8-4-6-15-7-5-9-19-18(15)16/h4-11H,1-3H3. The summed E-state index contributed by atoms with van der Waals surface area (Å²) in [6.07, 6.45) is 1.87. The molecular formula is C18H17N. The Hall–Kier alpha value is -2.15. The molecular weight excluding hydrogens is 230 g/mol. The fourth-order valence-corrected chi connectivity index (χ4v) is 2.91. The van der Waals surface area contributed by atoms with Gasteiger partial charge in [0, 0.05) is 17.1 Å². The highest BCUT2D eigenvalue weighted by atomic mass is 14.6. The molecule has 0 radical (unpaired) electrons. The first-order valence-electron chi connectivity index (χ1n) is 6.59. The topological polar surface area (TPSA) is 12.9 Å². The van der Waals surface area contributed by atoms with Gasteiger partial charge in [-0.1, -0.05) is 42.0 Å². The normalized spacial score (nSPS) is 10.9. The van der Waals surface area contributed by atoms with E-state index in [0.717, 1.165) is 5.52 Å². The molecule has 1 aromatic heterocycles. The summed E-state index contributed by atoms with van der Waals surface area (Å²) in [7, 11) is 0. The Labute approximate surface area is 113 Å². The Bertz CT molecular complexity index is 728. The van der Waals surface area contributed by atoms with E-state index >= 15 is 0 Å². The Morgan fingerprint density at radius 2 is 1.53 bits per heavy atom. The van der Waals surface area contributed by atoms with Crippen LogP contribution in [-0.2, 0) is 0 Å². The Morgan fingerprint density at radius 1 is 0.842 bits per heavy atom. The van der Waals surface area contributed by atoms with Crippen molar-refractivity contribution in [2.75, 3.05) is 0 Å². The molecule has 3 rings (SSSR count). The van der Waals surface area contributed by atoms with Gasteiger partial charge in [0.05, 0.1) is 5.52 Å². The zero-order valence-electron chi connectivity index (χ0n) is 11.6. The number of hydrogen-bond acceptors (Lipinski definition) is 1. The first-order valence-corrected chi connectivity index (χ1v) is 6.59. The maximum absolute atomic E-state index is 4.56. The summed E-state index contributed by atoms with van der Waals surface area (Å²) >= 11 is 0. The molecule has 0 spiro atoms. The van der Waals surface area contributed by atoms with Crippen LogP contribution in [-0.4, -0.2) is 4.98 Å². The van der Waals surface area contributed by atoms with E-state index in [1.54, 1.807) is 0 Å². The number of benzene rings is 2. The van der Waals surface area contributed by atoms with E-state index in [2.05, 4.69) is 62.2 Å². The van der Waals surface area contributed by atoms with Gasteiger partial charge in [0.1, 0.15) is 0 Å². The summed E-state index contributed by atoms with van der Waals surface area (Å²) in [6.45, 7) is 6.50. The maximum Gasteiger partial charge on any atom is 0.0780 e. The second kappa shape index (κ2) is 4.51. The number of pyridine rings is 1. The van der Waals surface area contributed by atoms with Crippen LogP contribution in [0.3, 0.4) is 0 Å². The fourth-order valence-electron chi connectivity index (χ4n) is 2.91. The highest BCUT2D eigenvalue weighted by Crippen LogP contribution is 2.32. The average molecular weight is 247 g/mol. The number of para-hydroxylation sites is 1. The van der Waals surface area contributed by atoms with Gasteiger partial charge < -0.3 is 0 Å². The number of fused-ring (bicyclic) bond motifs is 1. The summed E-state index contributed by atoms with van der Waals surface area (Å²) in [5.41, 5.74) is 7.57. The molecule has 0 N–H and O–H groups in total. The SMILES string of the molecule is Cc1cc(C)c(-c2cccc3cccnc23)c(C)c1. The molecule has 0 aliphatic carbocycles. The number of aromatic nitrogens is 1. The van der Waals surface area contributed by atoms with Crippen LogP contribution < -0.4 is 0 Å². The highest BCUT2D eigenvalue weighted by Gasteiger charge is 2.10. The van der Waals surface area contributed by atoms with Gasteiger partial charge in [-0.25, -0.2) is 0 Å². The van der Waals surface area contributed by atoms with E-state index in [-0.39, 0.29) is 0 Å². The molecule has 0 fully saturated rings. The number of aryl methyl sites for hydroxylation is 3. The van der Waals surface area contributed by atoms with Gasteiger partial charge in [0.2, 0.25) is 0 Å². The van der Waals surface area contributed by atoms with Gasteiger partial charge in [-0.15, -0.1) is 0 Å². The minimum Gasteiger partial charge on any atom is -0.256 e. The molecule has 19 heavy (non-hydrogen) atoms. The third kappa shape index (κ3) is 2.01. The van der Waals surface area contributed by atoms with Gasteiger partial charge in [0.25, 0.3) is 0 Å². The monoisotopic (exact) mass is 247 g/mol. The summed E-state index contributed by atoms with van der Waals surface area (Å²) in [4.78, 5) is 4.56. The largest absolute Gasteiger partial charge is 0.256 e. The van der Waals surface area contributed by atoms with Crippen molar-refractivity contribution in [2.24, 2.45) is 0 Å². The van der Waals surface area contributed by atoms with Crippen LogP contribution in [0.25, 0.3) is 22.0 Å². The maximum atomic E-state index is 4.56. The molecule has 0 aliphatic heterocycles. The Kier molecular flexibility index (Phi) is 2.83. The van der Waals surface area contributed by atoms with Crippen molar-refractivity contribution in [3.63, 3.8) is 0 Å². The molecule has 2 aromatic carbocycles. The van der Waals surface area contributed by atoms with Crippen molar-refractivity contribution < 1.29 is 0 Å². The van der Waals surface area contributed by atoms with Crippen molar-refractivity contribution >= 4 is 10.9 Å². The quantitative estimate of drug-likeness (QED) is 0.600. The zero-order valence-corrected chi connectivity index (χ0v) is 11.6. The lowest BCUT2D eigenvalue weighted by Gasteiger charge is -2.13. The Balaban J connectivity index is 2.37. The molecule has 0 amide bonds. The number of rotatable bonds is 1. The molecule has 0 bridgehead atoms. The van der Waals surface area contributed by atoms with Gasteiger partial charge in [-0.3, -0.25) is 4.98 Å². The lowest BCUT2D eigenvalue weighted by atomic mass is 9.92. The van der Waals surface area contributed by atoms with Gasteiger partial charge >= 0.3 is 0 Å². The van der Waals surface area contributed by atoms with E-state index in [4.69, 9.17) is 0 Å². The van der Waals surface area contributed by atoms with Gasteiger partial charge in [0.15, 0.2) is 0 Å². The van der Waals surface area contributed by atoms with Crippen LogP contribution >= 0.6 is 0 Å². The molecule has 94 valence electrons. The minimum absolute atomic E-state index is 1.08. The van der Waals surface area contributed by atoms with Crippen LogP contribution in [0.4, 0.5) is 0 Å². The van der Waals surface area contributed by atoms with E-state index in [9.17, 15) is 0 Å². The molecule has 0 atom stereocenters. The van der Waals surface area contributed by atoms with Crippen LogP contribution in [0.1, 0.15) is 16.7 Å². The van der Waals surface area contributed by atoms with Gasteiger partial charge in [-0.2, -0.15) is 0 Å². The van der Waals surface area contributed by atoms with Crippen LogP contribution in [0, 0.1) is 20.8 Å². The predicted molar refractivity (Wildman–Crippen MR) is 81.4 cm³/mol. The first kappa shape index (κ1) is 11.9. The number of nitrogens with zero attached hydrogens (tertiary/aromatic N) is 1. The number of hydrogen-bond donors (Lipinski definition) is 0. The van der Waals surface area contributed by atoms with E-state index in [0.29, 0.717) is 0 Å². The summed E-state index contributed by atoms with van der Waals surface area (Å²) < 4.78 is 0. The van der Waals surface area contributed by atoms with Crippen molar-refractivity contribution in [3.05, 3.63) is 65.4 Å². The molecule has 0 aliphatic rings. The van der Waals surface area contributed by atoms with E-state index in [1.807, 2.05) is 12.3 Å². The molecule has 1 nitrogen and oxygen atoms in total. The average Bonchev–Trinajstić information content (AvgIpc) is 2.38. The summed E-state index contributed by atoms with van der Waals surface area (Å²) in [6, 6.07) is 15.0. The second-order valence-electron chi connectivity index (χ2n) is 5.15. The van der Waals surface area contributed by atoms with E-state index in [1.165, 1.54) is 33.2 Å². The lowest BCUT2D eigenvalue weighted by molar-refractivity contribution is 1.32. The lowest BCUT2D eigenvalue weighted by Crippen LogP contribution is -1.92. The molecule has 0 saturated heterocycles. The van der Waals surface area contributed by atoms with Crippen molar-refractivity contribution in [1.29, 1.82) is 0 Å². The third-order valence-electron chi connectivity index (χ3n) is 3.58. The van der Waals surface area contributed by atoms with Crippen LogP contribution in [0.15, 0.2) is 48.7 Å². The van der Waals surface area contributed by atoms with Crippen molar-refractivity contribution in [2.45, 2.75) is 20.8 Å². The van der Waals surface area contributed by atoms with Gasteiger partial charge in [-0.05, 0) is 43.5 Å². The van der Waals surface area contributed by atoms with Crippen molar-refractivity contribution in [3.8, 4) is 11.1 Å². The second-order valence-corrected chi connectivity index (χ2v) is 5.15. The third-order valence-corrected chi connectivity index (χ3v) is 3.58. The Morgan fingerprint density at radius 3 is 2.26 bits per heavy atom. The molecule has 3 aromatic rings. The smallest absolute Gasteiger partial charge is 0.0780 e. The molecule has 0 saturated carbocycles. The fraction of sp³-hybridized carbons (Fsp3) is 0.167. The summed E-state index contributed by atoms with van der Waals surface area (Å²) in [5.74, 6) is 0. The zero-order chi connectivity index (χ0) is 13.4. The summed E-state index contributed by atoms with van der Waals surface area (Å²) in [5, 5.41) is 1.19. The minimum atomic E-state index is 1.08. The molecule has 1 heterocycles. The van der Waals surface area contributed by atoms with E-state index < -0.39 is 0 Å². The highest BCUT2D eigenvalue weighted by molar-refractivity contribution is 5.95. The van der Waals surface area contributed by atoms with Crippen LogP contribution in [0.2, 0.25) is 0 Å². The molecule has 0 unspecified atom stereocenters.